The van der Waals surface area contributed by atoms with E-state index in [0.717, 1.165) is 28.3 Å². The monoisotopic (exact) mass is 437 g/mol. The average molecular weight is 438 g/mol. The van der Waals surface area contributed by atoms with Crippen LogP contribution >= 0.6 is 11.8 Å². The molecule has 29 heavy (non-hydrogen) atoms. The number of sulfone groups is 1. The highest BCUT2D eigenvalue weighted by molar-refractivity contribution is 7.98. The molecule has 156 valence electrons. The van der Waals surface area contributed by atoms with Gasteiger partial charge in [0.15, 0.2) is 21.3 Å². The predicted molar refractivity (Wildman–Crippen MR) is 111 cm³/mol. The first-order valence-corrected chi connectivity index (χ1v) is 12.3. The predicted octanol–water partition coefficient (Wildman–Crippen LogP) is 2.19. The van der Waals surface area contributed by atoms with E-state index in [-0.39, 0.29) is 29.9 Å². The van der Waals surface area contributed by atoms with Crippen LogP contribution in [-0.4, -0.2) is 49.8 Å². The maximum atomic E-state index is 12.8. The number of methoxy groups -OCH3 is 2. The lowest BCUT2D eigenvalue weighted by atomic mass is 10.1. The number of ether oxygens (including phenoxy) is 2. The molecule has 1 aromatic carbocycles. The molecule has 0 radical (unpaired) electrons. The number of nitrogens with one attached hydrogen (secondary N) is 1. The van der Waals surface area contributed by atoms with Crippen molar-refractivity contribution in [3.05, 3.63) is 35.0 Å². The maximum absolute atomic E-state index is 12.8. The van der Waals surface area contributed by atoms with Crippen molar-refractivity contribution in [3.63, 3.8) is 0 Å². The first kappa shape index (κ1) is 20.1. The molecule has 1 atom stereocenters. The summed E-state index contributed by atoms with van der Waals surface area (Å²) in [6, 6.07) is 5.14. The van der Waals surface area contributed by atoms with E-state index in [9.17, 15) is 13.2 Å². The van der Waals surface area contributed by atoms with E-state index in [1.54, 1.807) is 42.8 Å². The van der Waals surface area contributed by atoms with E-state index in [4.69, 9.17) is 9.47 Å². The first-order chi connectivity index (χ1) is 13.9. The number of amides is 1. The van der Waals surface area contributed by atoms with Gasteiger partial charge in [-0.25, -0.2) is 13.1 Å². The summed E-state index contributed by atoms with van der Waals surface area (Å²) in [5, 5.41) is 7.62. The molecule has 0 bridgehead atoms. The third-order valence-corrected chi connectivity index (χ3v) is 7.92. The minimum absolute atomic E-state index is 0.0687. The van der Waals surface area contributed by atoms with Gasteiger partial charge in [0.05, 0.1) is 43.9 Å². The van der Waals surface area contributed by atoms with Crippen LogP contribution in [0.2, 0.25) is 0 Å². The number of nitrogens with zero attached hydrogens (tertiary/aromatic N) is 2. The minimum atomic E-state index is -3.05. The molecule has 4 rings (SSSR count). The largest absolute Gasteiger partial charge is 0.493 e. The first-order valence-electron chi connectivity index (χ1n) is 9.29. The standard InChI is InChI=1S/C19H23N3O5S2/c1-26-16-4-3-12(7-17(16)27-2)8-18(23)20-19-14-9-28-10-15(14)21-22(19)13-5-6-29(24,25)11-13/h3-4,7,13H,5-6,8-11H2,1-2H3,(H,20,23). The summed E-state index contributed by atoms with van der Waals surface area (Å²) in [6.45, 7) is 0. The molecule has 2 aromatic rings. The van der Waals surface area contributed by atoms with Crippen LogP contribution in [0.1, 0.15) is 29.3 Å². The van der Waals surface area contributed by atoms with Crippen LogP contribution in [0.25, 0.3) is 0 Å². The van der Waals surface area contributed by atoms with Gasteiger partial charge in [-0.1, -0.05) is 6.07 Å². The number of aromatic nitrogens is 2. The summed E-state index contributed by atoms with van der Waals surface area (Å²) in [7, 11) is 0.0666. The number of rotatable bonds is 6. The van der Waals surface area contributed by atoms with Crippen molar-refractivity contribution in [1.29, 1.82) is 0 Å². The third-order valence-electron chi connectivity index (χ3n) is 5.20. The van der Waals surface area contributed by atoms with Gasteiger partial charge in [-0.05, 0) is 24.1 Å². The summed E-state index contributed by atoms with van der Waals surface area (Å²) in [4.78, 5) is 12.8. The van der Waals surface area contributed by atoms with E-state index in [2.05, 4.69) is 10.4 Å². The Morgan fingerprint density at radius 1 is 1.28 bits per heavy atom. The second-order valence-corrected chi connectivity index (χ2v) is 10.4. The van der Waals surface area contributed by atoms with Crippen molar-refractivity contribution < 1.29 is 22.7 Å². The number of benzene rings is 1. The normalized spacial score (nSPS) is 19.7. The number of fused-ring (bicyclic) bond motifs is 1. The Morgan fingerprint density at radius 3 is 2.76 bits per heavy atom. The minimum Gasteiger partial charge on any atom is -0.493 e. The Hall–Kier alpha value is -2.20. The Labute approximate surface area is 173 Å². The SMILES string of the molecule is COc1ccc(CC(=O)Nc2c3c(nn2C2CCS(=O)(=O)C2)CSC3)cc1OC. The van der Waals surface area contributed by atoms with Gasteiger partial charge in [0, 0.05) is 17.1 Å². The fourth-order valence-electron chi connectivity index (χ4n) is 3.75. The number of carbonyl (C=O) groups is 1. The third kappa shape index (κ3) is 4.09. The quantitative estimate of drug-likeness (QED) is 0.739. The molecule has 1 aromatic heterocycles. The number of hydrogen-bond acceptors (Lipinski definition) is 7. The van der Waals surface area contributed by atoms with Gasteiger partial charge >= 0.3 is 0 Å². The highest BCUT2D eigenvalue weighted by Gasteiger charge is 2.34. The molecule has 0 saturated carbocycles. The second kappa shape index (κ2) is 7.91. The van der Waals surface area contributed by atoms with Crippen LogP contribution in [-0.2, 0) is 32.6 Å². The van der Waals surface area contributed by atoms with Gasteiger partial charge in [0.1, 0.15) is 5.82 Å². The molecule has 0 spiro atoms. The van der Waals surface area contributed by atoms with Gasteiger partial charge < -0.3 is 14.8 Å². The van der Waals surface area contributed by atoms with Gasteiger partial charge in [0.2, 0.25) is 5.91 Å². The molecule has 1 unspecified atom stereocenters. The van der Waals surface area contributed by atoms with E-state index in [1.807, 2.05) is 6.07 Å². The lowest BCUT2D eigenvalue weighted by molar-refractivity contribution is -0.115. The topological polar surface area (TPSA) is 99.5 Å². The lowest BCUT2D eigenvalue weighted by Gasteiger charge is -2.15. The molecule has 1 saturated heterocycles. The zero-order valence-corrected chi connectivity index (χ0v) is 17.9. The molecule has 2 aliphatic rings. The Morgan fingerprint density at radius 2 is 2.07 bits per heavy atom. The van der Waals surface area contributed by atoms with Crippen molar-refractivity contribution in [2.45, 2.75) is 30.4 Å². The van der Waals surface area contributed by atoms with Crippen LogP contribution in [0.3, 0.4) is 0 Å². The summed E-state index contributed by atoms with van der Waals surface area (Å²) < 4.78 is 36.1. The zero-order chi connectivity index (χ0) is 20.6. The summed E-state index contributed by atoms with van der Waals surface area (Å²) in [5.74, 6) is 3.40. The van der Waals surface area contributed by atoms with Crippen molar-refractivity contribution in [2.24, 2.45) is 0 Å². The van der Waals surface area contributed by atoms with Crippen molar-refractivity contribution >= 4 is 33.3 Å². The van der Waals surface area contributed by atoms with Gasteiger partial charge in [-0.2, -0.15) is 16.9 Å². The Balaban J connectivity index is 1.55. The van der Waals surface area contributed by atoms with E-state index in [1.165, 1.54) is 0 Å². The summed E-state index contributed by atoms with van der Waals surface area (Å²) in [5.41, 5.74) is 2.72. The molecular formula is C19H23N3O5S2. The zero-order valence-electron chi connectivity index (χ0n) is 16.3. The molecule has 10 heteroatoms. The lowest BCUT2D eigenvalue weighted by Crippen LogP contribution is -2.21. The van der Waals surface area contributed by atoms with Crippen LogP contribution in [0.4, 0.5) is 5.82 Å². The summed E-state index contributed by atoms with van der Waals surface area (Å²) >= 11 is 1.74. The second-order valence-electron chi connectivity index (χ2n) is 7.18. The Bertz CT molecular complexity index is 1050. The van der Waals surface area contributed by atoms with Crippen LogP contribution in [0.5, 0.6) is 11.5 Å². The van der Waals surface area contributed by atoms with Gasteiger partial charge in [-0.15, -0.1) is 0 Å². The maximum Gasteiger partial charge on any atom is 0.229 e. The van der Waals surface area contributed by atoms with Crippen LogP contribution < -0.4 is 14.8 Å². The molecular weight excluding hydrogens is 414 g/mol. The van der Waals surface area contributed by atoms with Crippen LogP contribution in [0.15, 0.2) is 18.2 Å². The number of hydrogen-bond donors (Lipinski definition) is 1. The molecule has 8 nitrogen and oxygen atoms in total. The molecule has 2 aliphatic heterocycles. The van der Waals surface area contributed by atoms with Crippen LogP contribution in [0, 0.1) is 0 Å². The average Bonchev–Trinajstić information content (AvgIpc) is 3.37. The number of anilines is 1. The molecule has 1 fully saturated rings. The Kier molecular flexibility index (Phi) is 5.48. The number of carbonyl (C=O) groups excluding carboxylic acids is 1. The molecule has 1 amide bonds. The van der Waals surface area contributed by atoms with Crippen molar-refractivity contribution in [3.8, 4) is 11.5 Å². The van der Waals surface area contributed by atoms with Gasteiger partial charge in [-0.3, -0.25) is 4.79 Å². The fourth-order valence-corrected chi connectivity index (χ4v) is 6.48. The van der Waals surface area contributed by atoms with E-state index >= 15 is 0 Å². The van der Waals surface area contributed by atoms with E-state index in [0.29, 0.717) is 23.7 Å². The highest BCUT2D eigenvalue weighted by Crippen LogP contribution is 2.38. The molecule has 3 heterocycles. The smallest absolute Gasteiger partial charge is 0.229 e. The fraction of sp³-hybridized carbons (Fsp3) is 0.474. The van der Waals surface area contributed by atoms with E-state index < -0.39 is 9.84 Å². The summed E-state index contributed by atoms with van der Waals surface area (Å²) in [6.07, 6.45) is 0.686. The van der Waals surface area contributed by atoms with Crippen molar-refractivity contribution in [2.75, 3.05) is 31.0 Å². The molecule has 1 N–H and O–H groups in total. The highest BCUT2D eigenvalue weighted by atomic mass is 32.2. The number of thioether (sulfide) groups is 1. The molecule has 0 aliphatic carbocycles. The van der Waals surface area contributed by atoms with Crippen molar-refractivity contribution in [1.82, 2.24) is 9.78 Å². The van der Waals surface area contributed by atoms with Gasteiger partial charge in [0.25, 0.3) is 0 Å².